The second-order valence-corrected chi connectivity index (χ2v) is 29.4. The number of benzene rings is 10. The molecule has 0 spiro atoms. The Hall–Kier alpha value is -8.20. The maximum Gasteiger partial charge on any atom is 0.0547 e. The van der Waals surface area contributed by atoms with Gasteiger partial charge in [-0.15, -0.1) is 0 Å². The van der Waals surface area contributed by atoms with Crippen LogP contribution in [0.4, 0.5) is 17.1 Å². The van der Waals surface area contributed by atoms with Crippen molar-refractivity contribution in [1.29, 1.82) is 0 Å². The number of anilines is 3. The molecular weight excluding hydrogens is 1120 g/mol. The smallest absolute Gasteiger partial charge is 0.0547 e. The van der Waals surface area contributed by atoms with Gasteiger partial charge in [0, 0.05) is 49.8 Å². The summed E-state index contributed by atoms with van der Waals surface area (Å²) in [4.78, 5) is 2.53. The normalized spacial score (nSPS) is 14.3. The lowest BCUT2D eigenvalue weighted by Crippen LogP contribution is -2.25. The molecule has 11 aromatic rings. The minimum absolute atomic E-state index is 0.0337. The van der Waals surface area contributed by atoms with Crippen LogP contribution in [-0.2, 0) is 22.7 Å². The summed E-state index contributed by atoms with van der Waals surface area (Å²) in [5.41, 5.74) is 33.0. The van der Waals surface area contributed by atoms with Gasteiger partial charge in [0.1, 0.15) is 0 Å². The molecule has 3 aliphatic carbocycles. The van der Waals surface area contributed by atoms with E-state index in [4.69, 9.17) is 0 Å². The van der Waals surface area contributed by atoms with Gasteiger partial charge in [0.15, 0.2) is 0 Å². The van der Waals surface area contributed by atoms with Crippen LogP contribution >= 0.6 is 0 Å². The number of unbranched alkanes of at least 4 members (excludes halogenated alkanes) is 13. The number of fused-ring (bicyclic) bond motifs is 12. The lowest BCUT2D eigenvalue weighted by Gasteiger charge is -2.33. The minimum Gasteiger partial charge on any atom is -0.310 e. The Balaban J connectivity index is 0.818. The monoisotopic (exact) mass is 1220 g/mol. The highest BCUT2D eigenvalue weighted by Crippen LogP contribution is 2.58. The molecule has 93 heavy (non-hydrogen) atoms. The van der Waals surface area contributed by atoms with Crippen molar-refractivity contribution in [3.8, 4) is 61.3 Å². The standard InChI is InChI=1S/C91H98N2/c1-10-13-16-19-21-26-53-91(54-27-22-20-17-14-11-2)85-56-63(5)32-47-77(85)78-49-38-67(58-86(78)91)66-37-48-74-76-52-45-72(61-84(76)90(8,9)82(74)57-66)92(71-44-51-75-73-46-31-62(4)55-81(73)89(6,7)83(75)60-71)69-42-35-65(36-43-69)68-39-50-80-79-29-24-25-30-87(79)93(88(80)59-68)70-40-33-64(34-41-70)28-23-18-15-12-3/h24-25,29-52,55-61H,10-23,26-28,53-54H2,1-9H3. The van der Waals surface area contributed by atoms with E-state index in [1.54, 1.807) is 11.1 Å². The quantitative estimate of drug-likeness (QED) is 0.0518. The summed E-state index contributed by atoms with van der Waals surface area (Å²) in [7, 11) is 0. The molecule has 2 nitrogen and oxygen atoms in total. The predicted molar refractivity (Wildman–Crippen MR) is 401 cm³/mol. The van der Waals surface area contributed by atoms with Crippen LogP contribution in [0.1, 0.15) is 214 Å². The van der Waals surface area contributed by atoms with Gasteiger partial charge in [0.2, 0.25) is 0 Å². The average Bonchev–Trinajstić information content (AvgIpc) is 1.59. The maximum absolute atomic E-state index is 2.65. The fourth-order valence-electron chi connectivity index (χ4n) is 17.1. The van der Waals surface area contributed by atoms with Gasteiger partial charge >= 0.3 is 0 Å². The number of aromatic nitrogens is 1. The Morgan fingerprint density at radius 1 is 0.323 bits per heavy atom. The Kier molecular flexibility index (Phi) is 17.4. The fourth-order valence-corrected chi connectivity index (χ4v) is 17.1. The molecule has 0 radical (unpaired) electrons. The van der Waals surface area contributed by atoms with Crippen LogP contribution in [0.3, 0.4) is 0 Å². The topological polar surface area (TPSA) is 8.17 Å². The zero-order valence-corrected chi connectivity index (χ0v) is 57.4. The van der Waals surface area contributed by atoms with Gasteiger partial charge in [0.25, 0.3) is 0 Å². The van der Waals surface area contributed by atoms with Crippen molar-refractivity contribution in [2.24, 2.45) is 0 Å². The third-order valence-electron chi connectivity index (χ3n) is 22.4. The second kappa shape index (κ2) is 25.9. The molecule has 0 bridgehead atoms. The summed E-state index contributed by atoms with van der Waals surface area (Å²) in [6, 6.07) is 78.8. The van der Waals surface area contributed by atoms with Crippen molar-refractivity contribution in [2.75, 3.05) is 4.90 Å². The SMILES string of the molecule is CCCCCCCCC1(CCCCCCCC)c2cc(C)ccc2-c2ccc(-c3ccc4c(c3)C(C)(C)c3cc(N(c5ccc(-c6ccc7c8ccccc8n(-c8ccc(CCCCCC)cc8)c7c6)cc5)c5ccc6c(c5)C(C)(C)c5cc(C)ccc5-6)ccc3-4)cc21. The minimum atomic E-state index is -0.243. The molecule has 14 rings (SSSR count). The molecule has 0 unspecified atom stereocenters. The van der Waals surface area contributed by atoms with Crippen LogP contribution in [0, 0.1) is 13.8 Å². The largest absolute Gasteiger partial charge is 0.310 e. The molecule has 472 valence electrons. The maximum atomic E-state index is 2.65. The Bertz CT molecular complexity index is 4520. The fraction of sp³-hybridized carbons (Fsp3) is 0.341. The number of hydrogen-bond acceptors (Lipinski definition) is 1. The van der Waals surface area contributed by atoms with E-state index in [2.05, 4.69) is 272 Å². The summed E-state index contributed by atoms with van der Waals surface area (Å²) in [5, 5.41) is 2.56. The molecule has 3 aliphatic rings. The summed E-state index contributed by atoms with van der Waals surface area (Å²) >= 11 is 0. The molecule has 0 atom stereocenters. The van der Waals surface area contributed by atoms with Gasteiger partial charge in [0.05, 0.1) is 11.0 Å². The summed E-state index contributed by atoms with van der Waals surface area (Å²) in [6.07, 6.45) is 24.6. The summed E-state index contributed by atoms with van der Waals surface area (Å²) in [5.74, 6) is 0. The van der Waals surface area contributed by atoms with E-state index < -0.39 is 0 Å². The lowest BCUT2D eigenvalue weighted by atomic mass is 9.70. The highest BCUT2D eigenvalue weighted by atomic mass is 15.1. The molecule has 1 aromatic heterocycles. The van der Waals surface area contributed by atoms with Crippen LogP contribution in [0.15, 0.2) is 200 Å². The Morgan fingerprint density at radius 2 is 0.731 bits per heavy atom. The highest BCUT2D eigenvalue weighted by molar-refractivity contribution is 6.10. The zero-order chi connectivity index (χ0) is 64.0. The van der Waals surface area contributed by atoms with Gasteiger partial charge in [-0.2, -0.15) is 0 Å². The Labute approximate surface area is 557 Å². The van der Waals surface area contributed by atoms with Crippen LogP contribution in [0.25, 0.3) is 83.1 Å². The molecular formula is C91H98N2. The average molecular weight is 1220 g/mol. The van der Waals surface area contributed by atoms with E-state index in [9.17, 15) is 0 Å². The predicted octanol–water partition coefficient (Wildman–Crippen LogP) is 26.7. The van der Waals surface area contributed by atoms with E-state index >= 15 is 0 Å². The van der Waals surface area contributed by atoms with Crippen LogP contribution in [0.2, 0.25) is 0 Å². The van der Waals surface area contributed by atoms with Crippen LogP contribution in [0.5, 0.6) is 0 Å². The van der Waals surface area contributed by atoms with E-state index in [-0.39, 0.29) is 16.2 Å². The van der Waals surface area contributed by atoms with E-state index in [0.29, 0.717) is 0 Å². The molecule has 0 aliphatic heterocycles. The molecule has 1 heterocycles. The highest BCUT2D eigenvalue weighted by Gasteiger charge is 2.43. The third kappa shape index (κ3) is 11.4. The first kappa shape index (κ1) is 62.3. The molecule has 0 amide bonds. The Morgan fingerprint density at radius 3 is 1.31 bits per heavy atom. The number of aryl methyl sites for hydroxylation is 3. The van der Waals surface area contributed by atoms with Crippen molar-refractivity contribution in [3.63, 3.8) is 0 Å². The van der Waals surface area contributed by atoms with Crippen molar-refractivity contribution >= 4 is 38.9 Å². The van der Waals surface area contributed by atoms with Gasteiger partial charge in [-0.3, -0.25) is 0 Å². The van der Waals surface area contributed by atoms with E-state index in [1.807, 2.05) is 0 Å². The van der Waals surface area contributed by atoms with Crippen molar-refractivity contribution < 1.29 is 0 Å². The first-order chi connectivity index (χ1) is 45.3. The molecule has 0 saturated carbocycles. The van der Waals surface area contributed by atoms with Crippen molar-refractivity contribution in [2.45, 2.75) is 201 Å². The lowest BCUT2D eigenvalue weighted by molar-refractivity contribution is 0.398. The summed E-state index contributed by atoms with van der Waals surface area (Å²) in [6.45, 7) is 21.3. The third-order valence-corrected chi connectivity index (χ3v) is 22.4. The van der Waals surface area contributed by atoms with E-state index in [0.717, 1.165) is 12.1 Å². The summed E-state index contributed by atoms with van der Waals surface area (Å²) < 4.78 is 2.47. The molecule has 0 saturated heterocycles. The number of rotatable bonds is 25. The number of hydrogen-bond donors (Lipinski definition) is 0. The van der Waals surface area contributed by atoms with Gasteiger partial charge < -0.3 is 9.47 Å². The first-order valence-corrected chi connectivity index (χ1v) is 36.2. The first-order valence-electron chi connectivity index (χ1n) is 36.2. The van der Waals surface area contributed by atoms with Gasteiger partial charge in [-0.25, -0.2) is 0 Å². The van der Waals surface area contributed by atoms with Crippen LogP contribution in [-0.4, -0.2) is 4.57 Å². The molecule has 0 N–H and O–H groups in total. The van der Waals surface area contributed by atoms with Gasteiger partial charge in [-0.1, -0.05) is 283 Å². The molecule has 2 heteroatoms. The zero-order valence-electron chi connectivity index (χ0n) is 57.4. The van der Waals surface area contributed by atoms with Crippen LogP contribution < -0.4 is 4.90 Å². The van der Waals surface area contributed by atoms with Crippen molar-refractivity contribution in [3.05, 3.63) is 250 Å². The molecule has 0 fully saturated rings. The molecule has 10 aromatic carbocycles. The van der Waals surface area contributed by atoms with Crippen molar-refractivity contribution in [1.82, 2.24) is 4.57 Å². The second-order valence-electron chi connectivity index (χ2n) is 29.4. The number of para-hydroxylation sites is 1. The number of nitrogens with zero attached hydrogens (tertiary/aromatic N) is 2. The van der Waals surface area contributed by atoms with Gasteiger partial charge in [-0.05, 0) is 207 Å². The van der Waals surface area contributed by atoms with E-state index in [1.165, 1.54) is 249 Å².